The highest BCUT2D eigenvalue weighted by atomic mass is 16.5. The maximum Gasteiger partial charge on any atom is 0.302 e. The molecule has 80 valence electrons. The van der Waals surface area contributed by atoms with Gasteiger partial charge in [0.1, 0.15) is 0 Å². The Labute approximate surface area is 89.3 Å². The molecule has 0 aliphatic heterocycles. The molecule has 0 atom stereocenters. The molecule has 0 aliphatic carbocycles. The first-order valence-corrected chi connectivity index (χ1v) is 4.89. The predicted octanol–water partition coefficient (Wildman–Crippen LogP) is 2.51. The van der Waals surface area contributed by atoms with Gasteiger partial charge in [0.2, 0.25) is 0 Å². The number of nitrogens with zero attached hydrogens (tertiary/aromatic N) is 1. The second-order valence-corrected chi connectivity index (χ2v) is 2.97. The highest BCUT2D eigenvalue weighted by Crippen LogP contribution is 2.01. The van der Waals surface area contributed by atoms with Crippen molar-refractivity contribution in [3.63, 3.8) is 0 Å². The minimum atomic E-state index is -0.211. The van der Waals surface area contributed by atoms with Crippen LogP contribution in [-0.2, 0) is 9.53 Å². The summed E-state index contributed by atoms with van der Waals surface area (Å²) in [6.45, 7) is 3.65. The minimum absolute atomic E-state index is 0.211. The molecule has 3 heteroatoms. The van der Waals surface area contributed by atoms with Gasteiger partial charge < -0.3 is 9.14 Å². The van der Waals surface area contributed by atoms with Crippen molar-refractivity contribution < 1.29 is 9.53 Å². The number of hydrogen-bond donors (Lipinski definition) is 0. The second kappa shape index (κ2) is 5.86. The zero-order valence-electron chi connectivity index (χ0n) is 9.01. The Morgan fingerprint density at radius 3 is 2.47 bits per heavy atom. The fourth-order valence-electron chi connectivity index (χ4n) is 1.18. The van der Waals surface area contributed by atoms with Crippen LogP contribution >= 0.6 is 0 Å². The van der Waals surface area contributed by atoms with Gasteiger partial charge in [0.15, 0.2) is 0 Å². The molecule has 2 heterocycles. The first-order valence-electron chi connectivity index (χ1n) is 4.89. The van der Waals surface area contributed by atoms with E-state index in [-0.39, 0.29) is 5.97 Å². The summed E-state index contributed by atoms with van der Waals surface area (Å²) in [5, 5.41) is 0. The van der Waals surface area contributed by atoms with E-state index < -0.39 is 0 Å². The molecular weight excluding hydrogens is 190 g/mol. The second-order valence-electron chi connectivity index (χ2n) is 2.97. The number of ether oxygens (including phenoxy) is 1. The maximum absolute atomic E-state index is 9.82. The molecule has 3 nitrogen and oxygen atoms in total. The molecule has 0 saturated heterocycles. The molecule has 0 spiro atoms. The topological polar surface area (TPSA) is 30.7 Å². The van der Waals surface area contributed by atoms with Gasteiger partial charge in [0.25, 0.3) is 0 Å². The molecule has 2 aromatic rings. The number of aromatic nitrogens is 1. The van der Waals surface area contributed by atoms with Crippen LogP contribution in [-0.4, -0.2) is 17.0 Å². The van der Waals surface area contributed by atoms with Crippen LogP contribution in [0, 0.1) is 0 Å². The van der Waals surface area contributed by atoms with E-state index in [2.05, 4.69) is 21.3 Å². The summed E-state index contributed by atoms with van der Waals surface area (Å²) in [5.74, 6) is -0.211. The molecule has 0 amide bonds. The molecule has 0 unspecified atom stereocenters. The summed E-state index contributed by atoms with van der Waals surface area (Å²) < 4.78 is 6.49. The van der Waals surface area contributed by atoms with E-state index in [0.29, 0.717) is 6.61 Å². The Hall–Kier alpha value is -1.77. The zero-order chi connectivity index (χ0) is 11.1. The van der Waals surface area contributed by atoms with E-state index in [1.54, 1.807) is 6.92 Å². The molecule has 0 aromatic carbocycles. The standard InChI is InChI=1S/C8H7N.C4H8O2/c1-2-6-9-7-3-5-8(9)4-1;1-3-6-4(2)5/h1-7H;3H2,1-2H3. The van der Waals surface area contributed by atoms with Gasteiger partial charge in [-0.1, -0.05) is 6.07 Å². The van der Waals surface area contributed by atoms with Gasteiger partial charge in [-0.05, 0) is 31.2 Å². The van der Waals surface area contributed by atoms with Crippen molar-refractivity contribution in [3.05, 3.63) is 42.7 Å². The number of hydrogen-bond acceptors (Lipinski definition) is 2. The van der Waals surface area contributed by atoms with Crippen molar-refractivity contribution in [1.29, 1.82) is 0 Å². The smallest absolute Gasteiger partial charge is 0.302 e. The highest BCUT2D eigenvalue weighted by Gasteiger charge is 1.84. The molecule has 0 bridgehead atoms. The SMILES string of the molecule is CCOC(C)=O.c1ccn2cccc2c1. The van der Waals surface area contributed by atoms with Gasteiger partial charge in [0, 0.05) is 24.8 Å². The molecule has 2 rings (SSSR count). The summed E-state index contributed by atoms with van der Waals surface area (Å²) in [5.41, 5.74) is 1.25. The number of carbonyl (C=O) groups is 1. The van der Waals surface area contributed by atoms with Gasteiger partial charge in [-0.3, -0.25) is 4.79 Å². The monoisotopic (exact) mass is 205 g/mol. The molecule has 0 aliphatic rings. The van der Waals surface area contributed by atoms with Crippen LogP contribution in [0.15, 0.2) is 42.7 Å². The van der Waals surface area contributed by atoms with Gasteiger partial charge >= 0.3 is 5.97 Å². The summed E-state index contributed by atoms with van der Waals surface area (Å²) in [7, 11) is 0. The van der Waals surface area contributed by atoms with E-state index in [1.165, 1.54) is 12.4 Å². The van der Waals surface area contributed by atoms with Crippen molar-refractivity contribution in [2.45, 2.75) is 13.8 Å². The molecule has 0 radical (unpaired) electrons. The van der Waals surface area contributed by atoms with Crippen LogP contribution in [0.1, 0.15) is 13.8 Å². The largest absolute Gasteiger partial charge is 0.466 e. The third-order valence-corrected chi connectivity index (χ3v) is 1.78. The normalized spacial score (nSPS) is 9.20. The molecule has 15 heavy (non-hydrogen) atoms. The van der Waals surface area contributed by atoms with E-state index in [1.807, 2.05) is 30.6 Å². The van der Waals surface area contributed by atoms with Gasteiger partial charge in [-0.25, -0.2) is 0 Å². The first-order chi connectivity index (χ1) is 7.24. The number of esters is 1. The van der Waals surface area contributed by atoms with Crippen LogP contribution in [0.4, 0.5) is 0 Å². The predicted molar refractivity (Wildman–Crippen MR) is 59.7 cm³/mol. The Morgan fingerprint density at radius 1 is 1.27 bits per heavy atom. The van der Waals surface area contributed by atoms with E-state index in [4.69, 9.17) is 0 Å². The fraction of sp³-hybridized carbons (Fsp3) is 0.250. The van der Waals surface area contributed by atoms with E-state index in [9.17, 15) is 4.79 Å². The number of fused-ring (bicyclic) bond motifs is 1. The fourth-order valence-corrected chi connectivity index (χ4v) is 1.18. The summed E-state index contributed by atoms with van der Waals surface area (Å²) in [6.07, 6.45) is 4.07. The first kappa shape index (κ1) is 11.3. The lowest BCUT2D eigenvalue weighted by atomic mass is 10.4. The molecule has 0 fully saturated rings. The van der Waals surface area contributed by atoms with Crippen molar-refractivity contribution in [2.75, 3.05) is 6.61 Å². The third kappa shape index (κ3) is 3.85. The van der Waals surface area contributed by atoms with Crippen molar-refractivity contribution in [1.82, 2.24) is 4.40 Å². The van der Waals surface area contributed by atoms with E-state index in [0.717, 1.165) is 0 Å². The van der Waals surface area contributed by atoms with Crippen LogP contribution in [0.25, 0.3) is 5.52 Å². The number of pyridine rings is 1. The highest BCUT2D eigenvalue weighted by molar-refractivity contribution is 5.65. The minimum Gasteiger partial charge on any atom is -0.466 e. The molecule has 0 N–H and O–H groups in total. The van der Waals surface area contributed by atoms with Gasteiger partial charge in [-0.15, -0.1) is 0 Å². The lowest BCUT2D eigenvalue weighted by Crippen LogP contribution is -1.95. The van der Waals surface area contributed by atoms with E-state index >= 15 is 0 Å². The van der Waals surface area contributed by atoms with Crippen LogP contribution in [0.5, 0.6) is 0 Å². The number of rotatable bonds is 1. The van der Waals surface area contributed by atoms with Crippen molar-refractivity contribution >= 4 is 11.5 Å². The Morgan fingerprint density at radius 2 is 1.93 bits per heavy atom. The maximum atomic E-state index is 9.82. The summed E-state index contributed by atoms with van der Waals surface area (Å²) >= 11 is 0. The lowest BCUT2D eigenvalue weighted by Gasteiger charge is -1.89. The summed E-state index contributed by atoms with van der Waals surface area (Å²) in [4.78, 5) is 9.82. The van der Waals surface area contributed by atoms with Crippen LogP contribution in [0.2, 0.25) is 0 Å². The molecule has 0 saturated carbocycles. The Bertz CT molecular complexity index is 390. The van der Waals surface area contributed by atoms with Crippen molar-refractivity contribution in [3.8, 4) is 0 Å². The molecule has 2 aromatic heterocycles. The van der Waals surface area contributed by atoms with Crippen molar-refractivity contribution in [2.24, 2.45) is 0 Å². The van der Waals surface area contributed by atoms with Crippen LogP contribution < -0.4 is 0 Å². The van der Waals surface area contributed by atoms with Gasteiger partial charge in [-0.2, -0.15) is 0 Å². The average Bonchev–Trinajstić information content (AvgIpc) is 2.65. The van der Waals surface area contributed by atoms with Gasteiger partial charge in [0.05, 0.1) is 6.61 Å². The quantitative estimate of drug-likeness (QED) is 0.670. The number of carbonyl (C=O) groups excluding carboxylic acids is 1. The Kier molecular flexibility index (Phi) is 4.41. The Balaban J connectivity index is 0.000000167. The summed E-state index contributed by atoms with van der Waals surface area (Å²) in [6, 6.07) is 10.3. The van der Waals surface area contributed by atoms with Crippen LogP contribution in [0.3, 0.4) is 0 Å². The zero-order valence-corrected chi connectivity index (χ0v) is 9.01. The lowest BCUT2D eigenvalue weighted by molar-refractivity contribution is -0.140. The molecular formula is C12H15NO2. The third-order valence-electron chi connectivity index (χ3n) is 1.78. The average molecular weight is 205 g/mol.